The molecular weight excluding hydrogens is 234 g/mol. The van der Waals surface area contributed by atoms with E-state index in [1.807, 2.05) is 0 Å². The molecule has 2 N–H and O–H groups in total. The van der Waals surface area contributed by atoms with Gasteiger partial charge in [-0.05, 0) is 31.9 Å². The molecule has 0 aromatic heterocycles. The monoisotopic (exact) mass is 261 g/mol. The van der Waals surface area contributed by atoms with Crippen molar-refractivity contribution in [2.24, 2.45) is 5.73 Å². The van der Waals surface area contributed by atoms with Crippen molar-refractivity contribution >= 4 is 5.69 Å². The summed E-state index contributed by atoms with van der Waals surface area (Å²) in [6.45, 7) is 11.9. The van der Waals surface area contributed by atoms with Gasteiger partial charge in [-0.15, -0.1) is 0 Å². The van der Waals surface area contributed by atoms with Crippen LogP contribution in [0, 0.1) is 6.92 Å². The Bertz CT molecular complexity index is 408. The second kappa shape index (κ2) is 6.40. The van der Waals surface area contributed by atoms with Crippen LogP contribution in [-0.2, 0) is 6.54 Å². The quantitative estimate of drug-likeness (QED) is 0.903. The zero-order valence-electron chi connectivity index (χ0n) is 12.5. The molecule has 1 fully saturated rings. The first kappa shape index (κ1) is 14.4. The van der Waals surface area contributed by atoms with Gasteiger partial charge in [-0.1, -0.05) is 24.6 Å². The third-order valence-corrected chi connectivity index (χ3v) is 4.32. The van der Waals surface area contributed by atoms with Crippen LogP contribution in [0.3, 0.4) is 0 Å². The fraction of sp³-hybridized carbons (Fsp3) is 0.625. The Balaban J connectivity index is 2.05. The Kier molecular flexibility index (Phi) is 4.83. The van der Waals surface area contributed by atoms with E-state index in [0.717, 1.165) is 26.2 Å². The zero-order valence-corrected chi connectivity index (χ0v) is 12.5. The number of rotatable bonds is 4. The number of aryl methyl sites for hydroxylation is 1. The molecule has 0 saturated carbocycles. The maximum Gasteiger partial charge on any atom is 0.0412 e. The molecule has 1 aromatic carbocycles. The Labute approximate surface area is 117 Å². The van der Waals surface area contributed by atoms with Crippen molar-refractivity contribution < 1.29 is 0 Å². The van der Waals surface area contributed by atoms with Crippen LogP contribution in [0.25, 0.3) is 0 Å². The molecule has 19 heavy (non-hydrogen) atoms. The molecule has 1 heterocycles. The molecule has 1 aliphatic heterocycles. The predicted molar refractivity (Wildman–Crippen MR) is 82.6 cm³/mol. The number of nitrogens with zero attached hydrogens (tertiary/aromatic N) is 2. The third-order valence-electron chi connectivity index (χ3n) is 4.32. The second-order valence-corrected chi connectivity index (χ2v) is 5.62. The van der Waals surface area contributed by atoms with E-state index in [2.05, 4.69) is 48.8 Å². The molecule has 0 aliphatic carbocycles. The van der Waals surface area contributed by atoms with Crippen LogP contribution in [0.1, 0.15) is 31.4 Å². The minimum Gasteiger partial charge on any atom is -0.369 e. The van der Waals surface area contributed by atoms with Crippen molar-refractivity contribution in [2.45, 2.75) is 39.8 Å². The molecular formula is C16H27N3. The van der Waals surface area contributed by atoms with Crippen LogP contribution >= 0.6 is 0 Å². The van der Waals surface area contributed by atoms with Crippen LogP contribution in [0.4, 0.5) is 5.69 Å². The Morgan fingerprint density at radius 2 is 1.89 bits per heavy atom. The van der Waals surface area contributed by atoms with Gasteiger partial charge < -0.3 is 10.6 Å². The summed E-state index contributed by atoms with van der Waals surface area (Å²) < 4.78 is 0. The molecule has 0 bridgehead atoms. The van der Waals surface area contributed by atoms with E-state index < -0.39 is 0 Å². The summed E-state index contributed by atoms with van der Waals surface area (Å²) in [4.78, 5) is 5.08. The van der Waals surface area contributed by atoms with Crippen LogP contribution in [0.5, 0.6) is 0 Å². The van der Waals surface area contributed by atoms with E-state index in [9.17, 15) is 0 Å². The van der Waals surface area contributed by atoms with E-state index in [1.165, 1.54) is 23.2 Å². The van der Waals surface area contributed by atoms with Gasteiger partial charge in [-0.25, -0.2) is 0 Å². The lowest BCUT2D eigenvalue weighted by atomic mass is 10.1. The number of benzene rings is 1. The van der Waals surface area contributed by atoms with Crippen molar-refractivity contribution in [3.05, 3.63) is 29.3 Å². The number of piperazine rings is 1. The van der Waals surface area contributed by atoms with Crippen molar-refractivity contribution in [3.63, 3.8) is 0 Å². The number of nitrogens with two attached hydrogens (primary N) is 1. The summed E-state index contributed by atoms with van der Waals surface area (Å²) in [5.74, 6) is 0. The number of hydrogen-bond donors (Lipinski definition) is 1. The lowest BCUT2D eigenvalue weighted by molar-refractivity contribution is 0.192. The highest BCUT2D eigenvalue weighted by molar-refractivity contribution is 5.55. The summed E-state index contributed by atoms with van der Waals surface area (Å²) in [5, 5.41) is 0. The molecule has 1 aromatic rings. The summed E-state index contributed by atoms with van der Waals surface area (Å²) in [5.41, 5.74) is 9.79. The maximum absolute atomic E-state index is 5.89. The fourth-order valence-electron chi connectivity index (χ4n) is 2.85. The zero-order chi connectivity index (χ0) is 13.8. The first-order valence-electron chi connectivity index (χ1n) is 7.44. The summed E-state index contributed by atoms with van der Waals surface area (Å²) in [7, 11) is 0. The van der Waals surface area contributed by atoms with E-state index in [1.54, 1.807) is 0 Å². The second-order valence-electron chi connectivity index (χ2n) is 5.62. The summed E-state index contributed by atoms with van der Waals surface area (Å²) >= 11 is 0. The van der Waals surface area contributed by atoms with Gasteiger partial charge in [-0.3, -0.25) is 4.90 Å². The molecule has 1 atom stereocenters. The van der Waals surface area contributed by atoms with E-state index >= 15 is 0 Å². The van der Waals surface area contributed by atoms with E-state index in [-0.39, 0.29) is 0 Å². The van der Waals surface area contributed by atoms with Crippen LogP contribution in [0.2, 0.25) is 0 Å². The number of hydrogen-bond acceptors (Lipinski definition) is 3. The molecule has 0 radical (unpaired) electrons. The van der Waals surface area contributed by atoms with Gasteiger partial charge in [0.05, 0.1) is 0 Å². The molecule has 0 spiro atoms. The van der Waals surface area contributed by atoms with E-state index in [0.29, 0.717) is 12.6 Å². The van der Waals surface area contributed by atoms with Crippen molar-refractivity contribution in [1.82, 2.24) is 4.90 Å². The van der Waals surface area contributed by atoms with Crippen LogP contribution < -0.4 is 10.6 Å². The third kappa shape index (κ3) is 3.28. The minimum atomic E-state index is 0.628. The fourth-order valence-corrected chi connectivity index (χ4v) is 2.85. The van der Waals surface area contributed by atoms with Gasteiger partial charge in [-0.2, -0.15) is 0 Å². The van der Waals surface area contributed by atoms with Gasteiger partial charge in [0.25, 0.3) is 0 Å². The highest BCUT2D eigenvalue weighted by atomic mass is 15.3. The average molecular weight is 261 g/mol. The maximum atomic E-state index is 5.89. The molecule has 1 aliphatic rings. The van der Waals surface area contributed by atoms with E-state index in [4.69, 9.17) is 5.73 Å². The standard InChI is InChI=1S/C16H27N3/c1-4-14(3)18-7-9-19(10-8-18)16-6-5-13(2)11-15(16)12-17/h5-6,11,14H,4,7-10,12,17H2,1-3H3. The summed E-state index contributed by atoms with van der Waals surface area (Å²) in [6.07, 6.45) is 1.23. The lowest BCUT2D eigenvalue weighted by Crippen LogP contribution is -2.49. The Morgan fingerprint density at radius 3 is 2.47 bits per heavy atom. The average Bonchev–Trinajstić information content (AvgIpc) is 2.46. The van der Waals surface area contributed by atoms with Crippen molar-refractivity contribution in [2.75, 3.05) is 31.1 Å². The highest BCUT2D eigenvalue weighted by Gasteiger charge is 2.21. The van der Waals surface area contributed by atoms with Gasteiger partial charge in [0.15, 0.2) is 0 Å². The largest absolute Gasteiger partial charge is 0.369 e. The predicted octanol–water partition coefficient (Wildman–Crippen LogP) is 2.37. The smallest absolute Gasteiger partial charge is 0.0412 e. The molecule has 1 unspecified atom stereocenters. The summed E-state index contributed by atoms with van der Waals surface area (Å²) in [6, 6.07) is 7.34. The van der Waals surface area contributed by atoms with Crippen molar-refractivity contribution in [3.8, 4) is 0 Å². The SMILES string of the molecule is CCC(C)N1CCN(c2ccc(C)cc2CN)CC1. The van der Waals surface area contributed by atoms with Gasteiger partial charge in [0.1, 0.15) is 0 Å². The van der Waals surface area contributed by atoms with Crippen LogP contribution in [0.15, 0.2) is 18.2 Å². The van der Waals surface area contributed by atoms with Crippen LogP contribution in [-0.4, -0.2) is 37.1 Å². The Hall–Kier alpha value is -1.06. The molecule has 0 amide bonds. The highest BCUT2D eigenvalue weighted by Crippen LogP contribution is 2.23. The molecule has 106 valence electrons. The molecule has 3 nitrogen and oxygen atoms in total. The van der Waals surface area contributed by atoms with Gasteiger partial charge in [0, 0.05) is 44.5 Å². The topological polar surface area (TPSA) is 32.5 Å². The minimum absolute atomic E-state index is 0.628. The molecule has 1 saturated heterocycles. The van der Waals surface area contributed by atoms with Crippen molar-refractivity contribution in [1.29, 1.82) is 0 Å². The molecule has 3 heteroatoms. The normalized spacial score (nSPS) is 18.6. The Morgan fingerprint density at radius 1 is 1.21 bits per heavy atom. The molecule has 2 rings (SSSR count). The van der Waals surface area contributed by atoms with Gasteiger partial charge >= 0.3 is 0 Å². The lowest BCUT2D eigenvalue weighted by Gasteiger charge is -2.39. The number of anilines is 1. The first-order chi connectivity index (χ1) is 9.15. The first-order valence-corrected chi connectivity index (χ1v) is 7.44. The van der Waals surface area contributed by atoms with Gasteiger partial charge in [0.2, 0.25) is 0 Å².